The number of rotatable bonds is 4. The third-order valence-corrected chi connectivity index (χ3v) is 5.70. The van der Waals surface area contributed by atoms with Crippen molar-refractivity contribution >= 4 is 5.71 Å². The lowest BCUT2D eigenvalue weighted by Crippen LogP contribution is -3.00. The van der Waals surface area contributed by atoms with Gasteiger partial charge in [-0.25, -0.2) is 0 Å². The molecule has 0 radical (unpaired) electrons. The van der Waals surface area contributed by atoms with E-state index in [1.165, 1.54) is 17.7 Å². The van der Waals surface area contributed by atoms with Gasteiger partial charge in [0.2, 0.25) is 11.4 Å². The highest BCUT2D eigenvalue weighted by Crippen LogP contribution is 2.38. The van der Waals surface area contributed by atoms with Gasteiger partial charge in [0.15, 0.2) is 6.54 Å². The van der Waals surface area contributed by atoms with Crippen LogP contribution in [0.1, 0.15) is 49.3 Å². The van der Waals surface area contributed by atoms with Crippen molar-refractivity contribution in [1.82, 2.24) is 5.01 Å². The summed E-state index contributed by atoms with van der Waals surface area (Å²) >= 11 is 0. The summed E-state index contributed by atoms with van der Waals surface area (Å²) in [7, 11) is 0. The number of hydrazine groups is 1. The summed E-state index contributed by atoms with van der Waals surface area (Å²) in [5, 5.41) is 14.0. The highest BCUT2D eigenvalue weighted by Gasteiger charge is 2.52. The van der Waals surface area contributed by atoms with Gasteiger partial charge in [-0.1, -0.05) is 29.8 Å². The molecule has 0 aromatic heterocycles. The van der Waals surface area contributed by atoms with Gasteiger partial charge < -0.3 is 26.8 Å². The van der Waals surface area contributed by atoms with E-state index < -0.39 is 5.72 Å². The molecule has 1 atom stereocenters. The largest absolute Gasteiger partial charge is 1.00 e. The molecule has 4 rings (SSSR count). The van der Waals surface area contributed by atoms with Gasteiger partial charge in [0.1, 0.15) is 5.75 Å². The van der Waals surface area contributed by atoms with E-state index in [4.69, 9.17) is 4.74 Å². The Morgan fingerprint density at radius 3 is 2.43 bits per heavy atom. The molecule has 1 fully saturated rings. The summed E-state index contributed by atoms with van der Waals surface area (Å²) in [5.41, 5.74) is 3.56. The molecule has 2 aliphatic rings. The lowest BCUT2D eigenvalue weighted by atomic mass is 9.94. The number of hydrogen-bond donors (Lipinski definition) is 1. The number of aryl methyl sites for hydroxylation is 1. The second kappa shape index (κ2) is 8.66. The number of fused-ring (bicyclic) bond motifs is 1. The molecule has 150 valence electrons. The van der Waals surface area contributed by atoms with Gasteiger partial charge in [-0.05, 0) is 51.0 Å². The Morgan fingerprint density at radius 2 is 1.75 bits per heavy atom. The van der Waals surface area contributed by atoms with E-state index >= 15 is 0 Å². The summed E-state index contributed by atoms with van der Waals surface area (Å²) in [6.45, 7) is 6.58. The van der Waals surface area contributed by atoms with Crippen LogP contribution in [0.4, 0.5) is 0 Å². The number of ether oxygens (including phenoxy) is 1. The SMILES string of the molecule is CCOc1ccc(C2=[N+]3CCCCCN3C(O)(c3ccc(C)cc3)C2)cc1.[Br-]. The molecule has 1 N–H and O–H groups in total. The molecule has 0 aliphatic carbocycles. The highest BCUT2D eigenvalue weighted by molar-refractivity contribution is 5.98. The molecular weight excluding hydrogens is 416 g/mol. The number of benzene rings is 2. The Kier molecular flexibility index (Phi) is 6.46. The number of nitrogens with zero attached hydrogens (tertiary/aromatic N) is 2. The van der Waals surface area contributed by atoms with Crippen molar-refractivity contribution in [3.05, 3.63) is 65.2 Å². The van der Waals surface area contributed by atoms with Crippen LogP contribution in [0.2, 0.25) is 0 Å². The molecule has 2 aromatic rings. The maximum absolute atomic E-state index is 11.8. The first-order valence-electron chi connectivity index (χ1n) is 10.1. The minimum Gasteiger partial charge on any atom is -1.00 e. The van der Waals surface area contributed by atoms with Crippen LogP contribution in [0.15, 0.2) is 48.5 Å². The number of hydrazone groups is 1. The molecule has 2 aromatic carbocycles. The molecule has 1 saturated heterocycles. The Labute approximate surface area is 178 Å². The van der Waals surface area contributed by atoms with Crippen LogP contribution in [0.25, 0.3) is 0 Å². The zero-order valence-electron chi connectivity index (χ0n) is 16.7. The quantitative estimate of drug-likeness (QED) is 0.710. The van der Waals surface area contributed by atoms with Crippen molar-refractivity contribution in [3.8, 4) is 5.75 Å². The highest BCUT2D eigenvalue weighted by atomic mass is 79.9. The molecule has 0 saturated carbocycles. The van der Waals surface area contributed by atoms with Gasteiger partial charge in [-0.2, -0.15) is 0 Å². The number of hydrogen-bond acceptors (Lipinski definition) is 3. The van der Waals surface area contributed by atoms with E-state index in [0.717, 1.165) is 42.8 Å². The third-order valence-electron chi connectivity index (χ3n) is 5.70. The summed E-state index contributed by atoms with van der Waals surface area (Å²) in [4.78, 5) is 0. The molecule has 1 unspecified atom stereocenters. The van der Waals surface area contributed by atoms with Gasteiger partial charge in [-0.3, -0.25) is 0 Å². The zero-order chi connectivity index (χ0) is 18.9. The molecule has 4 nitrogen and oxygen atoms in total. The van der Waals surface area contributed by atoms with Gasteiger partial charge in [0, 0.05) is 17.5 Å². The topological polar surface area (TPSA) is 35.7 Å². The van der Waals surface area contributed by atoms with Crippen LogP contribution in [0.5, 0.6) is 5.75 Å². The summed E-state index contributed by atoms with van der Waals surface area (Å²) < 4.78 is 7.91. The first-order chi connectivity index (χ1) is 13.1. The lowest BCUT2D eigenvalue weighted by molar-refractivity contribution is -0.706. The van der Waals surface area contributed by atoms with Gasteiger partial charge in [-0.15, -0.1) is 9.69 Å². The van der Waals surface area contributed by atoms with Crippen molar-refractivity contribution in [2.45, 2.75) is 45.3 Å². The second-order valence-corrected chi connectivity index (χ2v) is 7.57. The van der Waals surface area contributed by atoms with Crippen molar-refractivity contribution in [2.75, 3.05) is 19.7 Å². The van der Waals surface area contributed by atoms with Gasteiger partial charge >= 0.3 is 0 Å². The fraction of sp³-hybridized carbons (Fsp3) is 0.435. The molecule has 0 bridgehead atoms. The van der Waals surface area contributed by atoms with E-state index in [1.54, 1.807) is 0 Å². The van der Waals surface area contributed by atoms with Gasteiger partial charge in [0.05, 0.1) is 19.6 Å². The number of aliphatic hydroxyl groups is 1. The van der Waals surface area contributed by atoms with E-state index in [-0.39, 0.29) is 17.0 Å². The molecule has 28 heavy (non-hydrogen) atoms. The van der Waals surface area contributed by atoms with Crippen LogP contribution in [0, 0.1) is 6.92 Å². The van der Waals surface area contributed by atoms with E-state index in [9.17, 15) is 5.11 Å². The maximum atomic E-state index is 11.8. The second-order valence-electron chi connectivity index (χ2n) is 7.57. The number of halogens is 1. The first kappa shape index (κ1) is 20.9. The summed E-state index contributed by atoms with van der Waals surface area (Å²) in [6.07, 6.45) is 4.07. The Hall–Kier alpha value is -1.85. The maximum Gasteiger partial charge on any atom is 0.225 e. The minimum atomic E-state index is -0.980. The van der Waals surface area contributed by atoms with Crippen LogP contribution in [-0.4, -0.2) is 40.2 Å². The molecule has 0 spiro atoms. The zero-order valence-corrected chi connectivity index (χ0v) is 18.3. The first-order valence-corrected chi connectivity index (χ1v) is 10.1. The monoisotopic (exact) mass is 444 g/mol. The molecule has 2 heterocycles. The fourth-order valence-electron chi connectivity index (χ4n) is 4.26. The van der Waals surface area contributed by atoms with Crippen LogP contribution >= 0.6 is 0 Å². The molecule has 5 heteroatoms. The van der Waals surface area contributed by atoms with Crippen molar-refractivity contribution in [1.29, 1.82) is 0 Å². The molecular formula is C23H29BrN2O2. The summed E-state index contributed by atoms with van der Waals surface area (Å²) in [6, 6.07) is 16.6. The van der Waals surface area contributed by atoms with Crippen molar-refractivity contribution in [2.24, 2.45) is 0 Å². The standard InChI is InChI=1S/C23H29N2O2.BrH/c1-3-27-21-13-9-19(10-14-21)22-17-23(26,20-11-7-18(2)8-12-20)25-16-6-4-5-15-24(22)25;/h7-14,26H,3-6,15-17H2,1-2H3;1H/q+1;/p-1. The van der Waals surface area contributed by atoms with E-state index in [1.807, 2.05) is 19.1 Å². The summed E-state index contributed by atoms with van der Waals surface area (Å²) in [5.74, 6) is 0.890. The van der Waals surface area contributed by atoms with Crippen LogP contribution < -0.4 is 21.7 Å². The Balaban J connectivity index is 0.00000225. The van der Waals surface area contributed by atoms with Crippen LogP contribution in [-0.2, 0) is 5.72 Å². The Bertz CT molecular complexity index is 833. The minimum absolute atomic E-state index is 0. The smallest absolute Gasteiger partial charge is 0.225 e. The van der Waals surface area contributed by atoms with Crippen molar-refractivity contribution < 1.29 is 31.5 Å². The van der Waals surface area contributed by atoms with E-state index in [0.29, 0.717) is 13.0 Å². The molecule has 2 aliphatic heterocycles. The van der Waals surface area contributed by atoms with E-state index in [2.05, 4.69) is 53.0 Å². The van der Waals surface area contributed by atoms with Gasteiger partial charge in [0.25, 0.3) is 0 Å². The fourth-order valence-corrected chi connectivity index (χ4v) is 4.26. The van der Waals surface area contributed by atoms with Crippen molar-refractivity contribution in [3.63, 3.8) is 0 Å². The normalized spacial score (nSPS) is 21.8. The average molecular weight is 445 g/mol. The lowest BCUT2D eigenvalue weighted by Gasteiger charge is -2.30. The predicted octanol–water partition coefficient (Wildman–Crippen LogP) is 0.849. The molecule has 0 amide bonds. The van der Waals surface area contributed by atoms with Crippen LogP contribution in [0.3, 0.4) is 0 Å². The Morgan fingerprint density at radius 1 is 1.04 bits per heavy atom. The average Bonchev–Trinajstić information content (AvgIpc) is 2.84. The third kappa shape index (κ3) is 3.83. The predicted molar refractivity (Wildman–Crippen MR) is 107 cm³/mol.